The van der Waals surface area contributed by atoms with Gasteiger partial charge in [0.25, 0.3) is 0 Å². The minimum atomic E-state index is -1.29. The third-order valence-electron chi connectivity index (χ3n) is 1.45. The van der Waals surface area contributed by atoms with Crippen LogP contribution in [0.1, 0.15) is 6.42 Å². The quantitative estimate of drug-likeness (QED) is 0.360. The first-order valence-electron chi connectivity index (χ1n) is 4.18. The van der Waals surface area contributed by atoms with Crippen LogP contribution in [0.3, 0.4) is 0 Å². The van der Waals surface area contributed by atoms with E-state index in [4.69, 9.17) is 16.9 Å². The van der Waals surface area contributed by atoms with Gasteiger partial charge in [-0.25, -0.2) is 0 Å². The molecule has 16 heavy (non-hydrogen) atoms. The van der Waals surface area contributed by atoms with Crippen molar-refractivity contribution in [1.29, 1.82) is 10.5 Å². The molecule has 0 bridgehead atoms. The van der Waals surface area contributed by atoms with Gasteiger partial charge in [-0.2, -0.15) is 10.5 Å². The van der Waals surface area contributed by atoms with Crippen LogP contribution in [-0.2, 0) is 19.1 Å². The molecule has 0 aliphatic carbocycles. The van der Waals surface area contributed by atoms with Crippen LogP contribution < -0.4 is 0 Å². The molecule has 0 amide bonds. The first-order chi connectivity index (χ1) is 7.67. The van der Waals surface area contributed by atoms with Crippen molar-refractivity contribution in [3.8, 4) is 24.5 Å². The average Bonchev–Trinajstić information content (AvgIpc) is 2.29. The van der Waals surface area contributed by atoms with Crippen LogP contribution in [0.5, 0.6) is 0 Å². The summed E-state index contributed by atoms with van der Waals surface area (Å²) in [5, 5.41) is 16.4. The Morgan fingerprint density at radius 2 is 1.56 bits per heavy atom. The van der Waals surface area contributed by atoms with Gasteiger partial charge in [-0.3, -0.25) is 9.59 Å². The summed E-state index contributed by atoms with van der Waals surface area (Å²) in [5.41, 5.74) is 0. The van der Waals surface area contributed by atoms with Gasteiger partial charge >= 0.3 is 11.9 Å². The zero-order valence-electron chi connectivity index (χ0n) is 8.30. The van der Waals surface area contributed by atoms with Gasteiger partial charge < -0.3 is 9.47 Å². The van der Waals surface area contributed by atoms with Gasteiger partial charge in [0.1, 0.15) is 12.1 Å². The van der Waals surface area contributed by atoms with Crippen molar-refractivity contribution in [1.82, 2.24) is 0 Å². The molecule has 0 aliphatic rings. The van der Waals surface area contributed by atoms with E-state index in [-0.39, 0.29) is 6.42 Å². The standard InChI is InChI=1S/C10H8N2O4/c1-2-3-8(9(13)15-6-4-11)10(14)16-7-5-12/h1,8H,3,6-7H2. The molecular weight excluding hydrogens is 212 g/mol. The van der Waals surface area contributed by atoms with E-state index in [1.54, 1.807) is 12.1 Å². The van der Waals surface area contributed by atoms with E-state index in [0.29, 0.717) is 0 Å². The van der Waals surface area contributed by atoms with Crippen molar-refractivity contribution >= 4 is 11.9 Å². The number of carbonyl (C=O) groups excluding carboxylic acids is 2. The van der Waals surface area contributed by atoms with Gasteiger partial charge in [-0.1, -0.05) is 0 Å². The zero-order chi connectivity index (χ0) is 12.4. The molecule has 0 aromatic rings. The topological polar surface area (TPSA) is 100 Å². The lowest BCUT2D eigenvalue weighted by atomic mass is 10.1. The summed E-state index contributed by atoms with van der Waals surface area (Å²) >= 11 is 0. The van der Waals surface area contributed by atoms with Crippen LogP contribution in [0.2, 0.25) is 0 Å². The lowest BCUT2D eigenvalue weighted by Gasteiger charge is -2.10. The van der Waals surface area contributed by atoms with Gasteiger partial charge in [0.2, 0.25) is 0 Å². The molecule has 0 N–H and O–H groups in total. The first kappa shape index (κ1) is 13.5. The Morgan fingerprint density at radius 3 is 1.88 bits per heavy atom. The fourth-order valence-corrected chi connectivity index (χ4v) is 0.789. The number of hydrogen-bond donors (Lipinski definition) is 0. The third-order valence-corrected chi connectivity index (χ3v) is 1.45. The van der Waals surface area contributed by atoms with Crippen LogP contribution in [-0.4, -0.2) is 25.2 Å². The predicted octanol–water partition coefficient (Wildman–Crippen LogP) is -0.241. The predicted molar refractivity (Wildman–Crippen MR) is 50.1 cm³/mol. The van der Waals surface area contributed by atoms with Gasteiger partial charge in [0.15, 0.2) is 19.1 Å². The van der Waals surface area contributed by atoms with Crippen molar-refractivity contribution in [2.24, 2.45) is 5.92 Å². The van der Waals surface area contributed by atoms with E-state index in [9.17, 15) is 9.59 Å². The molecule has 6 nitrogen and oxygen atoms in total. The van der Waals surface area contributed by atoms with Gasteiger partial charge in [-0.15, -0.1) is 12.3 Å². The van der Waals surface area contributed by atoms with Crippen LogP contribution in [0.4, 0.5) is 0 Å². The lowest BCUT2D eigenvalue weighted by molar-refractivity contribution is -0.160. The Morgan fingerprint density at radius 1 is 1.12 bits per heavy atom. The minimum Gasteiger partial charge on any atom is -0.450 e. The molecule has 0 atom stereocenters. The summed E-state index contributed by atoms with van der Waals surface area (Å²) < 4.78 is 8.86. The van der Waals surface area contributed by atoms with E-state index < -0.39 is 31.1 Å². The molecule has 0 fully saturated rings. The van der Waals surface area contributed by atoms with Crippen molar-refractivity contribution < 1.29 is 19.1 Å². The highest BCUT2D eigenvalue weighted by atomic mass is 16.6. The molecule has 0 aliphatic heterocycles. The fraction of sp³-hybridized carbons (Fsp3) is 0.400. The molecule has 0 saturated carbocycles. The van der Waals surface area contributed by atoms with Crippen molar-refractivity contribution in [2.45, 2.75) is 6.42 Å². The highest BCUT2D eigenvalue weighted by molar-refractivity contribution is 5.95. The molecule has 0 heterocycles. The average molecular weight is 220 g/mol. The second-order valence-corrected chi connectivity index (χ2v) is 2.49. The lowest BCUT2D eigenvalue weighted by Crippen LogP contribution is -2.28. The maximum Gasteiger partial charge on any atom is 0.322 e. The van der Waals surface area contributed by atoms with E-state index >= 15 is 0 Å². The molecule has 0 spiro atoms. The molecular formula is C10H8N2O4. The highest BCUT2D eigenvalue weighted by Crippen LogP contribution is 2.07. The highest BCUT2D eigenvalue weighted by Gasteiger charge is 2.28. The minimum absolute atomic E-state index is 0.200. The second-order valence-electron chi connectivity index (χ2n) is 2.49. The number of esters is 2. The van der Waals surface area contributed by atoms with Gasteiger partial charge in [-0.05, 0) is 0 Å². The normalized spacial score (nSPS) is 8.38. The summed E-state index contributed by atoms with van der Waals surface area (Å²) in [6, 6.07) is 3.16. The SMILES string of the molecule is C#CCC(C(=O)OCC#N)C(=O)OCC#N. The Labute approximate surface area is 92.4 Å². The molecule has 0 aromatic heterocycles. The van der Waals surface area contributed by atoms with Crippen LogP contribution >= 0.6 is 0 Å². The Bertz CT molecular complexity index is 353. The molecule has 0 unspecified atom stereocenters. The number of rotatable bonds is 5. The molecule has 82 valence electrons. The van der Waals surface area contributed by atoms with Crippen molar-refractivity contribution in [3.63, 3.8) is 0 Å². The third kappa shape index (κ3) is 4.64. The van der Waals surface area contributed by atoms with E-state index in [0.717, 1.165) is 0 Å². The van der Waals surface area contributed by atoms with Crippen LogP contribution in [0, 0.1) is 40.9 Å². The number of ether oxygens (including phenoxy) is 2. The molecule has 0 radical (unpaired) electrons. The van der Waals surface area contributed by atoms with Crippen molar-refractivity contribution in [2.75, 3.05) is 13.2 Å². The Hall–Kier alpha value is -2.52. The molecule has 0 rings (SSSR count). The van der Waals surface area contributed by atoms with Gasteiger partial charge in [0.05, 0.1) is 0 Å². The number of nitrogens with zero attached hydrogens (tertiary/aromatic N) is 2. The maximum absolute atomic E-state index is 11.2. The maximum atomic E-state index is 11.2. The Kier molecular flexibility index (Phi) is 6.61. The number of nitriles is 2. The van der Waals surface area contributed by atoms with Crippen LogP contribution in [0.25, 0.3) is 0 Å². The summed E-state index contributed by atoms with van der Waals surface area (Å²) in [6.07, 6.45) is 4.77. The largest absolute Gasteiger partial charge is 0.450 e. The van der Waals surface area contributed by atoms with E-state index in [1.807, 2.05) is 0 Å². The second kappa shape index (κ2) is 7.84. The van der Waals surface area contributed by atoms with Gasteiger partial charge in [0, 0.05) is 6.42 Å². The first-order valence-corrected chi connectivity index (χ1v) is 4.18. The molecule has 0 aromatic carbocycles. The zero-order valence-corrected chi connectivity index (χ0v) is 8.30. The molecule has 6 heteroatoms. The van der Waals surface area contributed by atoms with E-state index in [1.165, 1.54) is 0 Å². The summed E-state index contributed by atoms with van der Waals surface area (Å²) in [4.78, 5) is 22.5. The van der Waals surface area contributed by atoms with Crippen LogP contribution in [0.15, 0.2) is 0 Å². The number of terminal acetylenes is 1. The van der Waals surface area contributed by atoms with E-state index in [2.05, 4.69) is 15.4 Å². The Balaban J connectivity index is 4.44. The van der Waals surface area contributed by atoms with Crippen molar-refractivity contribution in [3.05, 3.63) is 0 Å². The summed E-state index contributed by atoms with van der Waals surface area (Å²) in [6.45, 7) is -0.934. The smallest absolute Gasteiger partial charge is 0.322 e. The summed E-state index contributed by atoms with van der Waals surface area (Å²) in [5.74, 6) is -1.03. The monoisotopic (exact) mass is 220 g/mol. The number of hydrogen-bond acceptors (Lipinski definition) is 6. The molecule has 0 saturated heterocycles. The fourth-order valence-electron chi connectivity index (χ4n) is 0.789. The number of carbonyl (C=O) groups is 2. The summed E-state index contributed by atoms with van der Waals surface area (Å²) in [7, 11) is 0.